The van der Waals surface area contributed by atoms with Gasteiger partial charge in [-0.15, -0.1) is 11.3 Å². The number of aryl methyl sites for hydroxylation is 1. The van der Waals surface area contributed by atoms with Gasteiger partial charge in [0.15, 0.2) is 0 Å². The summed E-state index contributed by atoms with van der Waals surface area (Å²) in [5, 5.41) is 0.681. The Bertz CT molecular complexity index is 663. The zero-order valence-corrected chi connectivity index (χ0v) is 13.5. The van der Waals surface area contributed by atoms with E-state index in [2.05, 4.69) is 4.72 Å². The Morgan fingerprint density at radius 3 is 2.45 bits per heavy atom. The van der Waals surface area contributed by atoms with Gasteiger partial charge < -0.3 is 0 Å². The maximum Gasteiger partial charge on any atom is 0.250 e. The molecule has 0 fully saturated rings. The van der Waals surface area contributed by atoms with Crippen molar-refractivity contribution >= 4 is 33.0 Å². The topological polar surface area (TPSA) is 46.2 Å². The Labute approximate surface area is 128 Å². The summed E-state index contributed by atoms with van der Waals surface area (Å²) in [7, 11) is -3.39. The zero-order chi connectivity index (χ0) is 14.6. The fraction of sp³-hybridized carbons (Fsp3) is 0.286. The van der Waals surface area contributed by atoms with E-state index in [9.17, 15) is 8.42 Å². The zero-order valence-electron chi connectivity index (χ0n) is 11.1. The van der Waals surface area contributed by atoms with E-state index >= 15 is 0 Å². The monoisotopic (exact) mass is 329 g/mol. The van der Waals surface area contributed by atoms with E-state index in [1.807, 2.05) is 25.1 Å². The third-order valence-electron chi connectivity index (χ3n) is 2.87. The van der Waals surface area contributed by atoms with Crippen molar-refractivity contribution in [2.24, 2.45) is 0 Å². The van der Waals surface area contributed by atoms with Crippen molar-refractivity contribution in [2.75, 3.05) is 6.54 Å². The van der Waals surface area contributed by atoms with Crippen molar-refractivity contribution in [1.82, 2.24) is 4.72 Å². The first-order chi connectivity index (χ1) is 9.51. The molecule has 0 saturated heterocycles. The van der Waals surface area contributed by atoms with Crippen LogP contribution in [0.3, 0.4) is 0 Å². The summed E-state index contributed by atoms with van der Waals surface area (Å²) in [6.45, 7) is 2.39. The minimum atomic E-state index is -3.39. The Morgan fingerprint density at radius 1 is 1.15 bits per heavy atom. The Kier molecular flexibility index (Phi) is 5.21. The molecule has 3 nitrogen and oxygen atoms in total. The number of thiophene rings is 1. The Hall–Kier alpha value is -0.880. The number of halogens is 1. The molecule has 0 aliphatic carbocycles. The largest absolute Gasteiger partial charge is 0.250 e. The standard InChI is InChI=1S/C14H16ClNO2S2/c1-2-13-7-8-14(19-13)20(17,18)16-10-9-11-3-5-12(15)6-4-11/h3-8,16H,2,9-10H2,1H3. The van der Waals surface area contributed by atoms with Crippen molar-refractivity contribution in [3.05, 3.63) is 51.9 Å². The molecule has 0 radical (unpaired) electrons. The van der Waals surface area contributed by atoms with Gasteiger partial charge in [-0.25, -0.2) is 13.1 Å². The van der Waals surface area contributed by atoms with Gasteiger partial charge in [0.1, 0.15) is 4.21 Å². The van der Waals surface area contributed by atoms with E-state index in [0.717, 1.165) is 16.9 Å². The second kappa shape index (κ2) is 6.72. The summed E-state index contributed by atoms with van der Waals surface area (Å²) in [5.41, 5.74) is 1.05. The third kappa shape index (κ3) is 4.06. The minimum absolute atomic E-state index is 0.378. The van der Waals surface area contributed by atoms with Crippen LogP contribution in [-0.4, -0.2) is 15.0 Å². The summed E-state index contributed by atoms with van der Waals surface area (Å²) >= 11 is 7.12. The lowest BCUT2D eigenvalue weighted by molar-refractivity contribution is 0.584. The molecule has 1 aromatic carbocycles. The first-order valence-corrected chi connectivity index (χ1v) is 9.02. The van der Waals surface area contributed by atoms with E-state index in [1.54, 1.807) is 18.2 Å². The molecule has 0 spiro atoms. The number of hydrogen-bond donors (Lipinski definition) is 1. The van der Waals surface area contributed by atoms with Crippen LogP contribution in [0.4, 0.5) is 0 Å². The van der Waals surface area contributed by atoms with Crippen LogP contribution >= 0.6 is 22.9 Å². The molecule has 1 N–H and O–H groups in total. The number of nitrogens with one attached hydrogen (secondary N) is 1. The average molecular weight is 330 g/mol. The molecule has 1 heterocycles. The molecule has 0 atom stereocenters. The van der Waals surface area contributed by atoms with Crippen LogP contribution in [0.15, 0.2) is 40.6 Å². The lowest BCUT2D eigenvalue weighted by Crippen LogP contribution is -2.25. The maximum absolute atomic E-state index is 12.1. The quantitative estimate of drug-likeness (QED) is 0.881. The van der Waals surface area contributed by atoms with Crippen molar-refractivity contribution in [1.29, 1.82) is 0 Å². The van der Waals surface area contributed by atoms with E-state index < -0.39 is 10.0 Å². The molecule has 0 saturated carbocycles. The maximum atomic E-state index is 12.1. The van der Waals surface area contributed by atoms with Crippen molar-refractivity contribution in [2.45, 2.75) is 24.0 Å². The predicted octanol–water partition coefficient (Wildman–Crippen LogP) is 3.48. The molecule has 0 aliphatic heterocycles. The molecular weight excluding hydrogens is 314 g/mol. The van der Waals surface area contributed by atoms with Gasteiger partial charge in [-0.3, -0.25) is 0 Å². The molecule has 0 bridgehead atoms. The van der Waals surface area contributed by atoms with E-state index in [1.165, 1.54) is 11.3 Å². The molecule has 2 aromatic rings. The molecule has 2 rings (SSSR count). The van der Waals surface area contributed by atoms with Crippen LogP contribution in [0.1, 0.15) is 17.4 Å². The highest BCUT2D eigenvalue weighted by Gasteiger charge is 2.15. The van der Waals surface area contributed by atoms with Crippen LogP contribution in [0, 0.1) is 0 Å². The highest BCUT2D eigenvalue weighted by molar-refractivity contribution is 7.91. The molecule has 6 heteroatoms. The smallest absolute Gasteiger partial charge is 0.210 e. The van der Waals surface area contributed by atoms with Crippen molar-refractivity contribution < 1.29 is 8.42 Å². The van der Waals surface area contributed by atoms with E-state index in [-0.39, 0.29) is 0 Å². The fourth-order valence-electron chi connectivity index (χ4n) is 1.74. The number of benzene rings is 1. The second-order valence-corrected chi connectivity index (χ2v) is 7.95. The summed E-state index contributed by atoms with van der Waals surface area (Å²) in [5.74, 6) is 0. The summed E-state index contributed by atoms with van der Waals surface area (Å²) in [4.78, 5) is 1.07. The molecule has 0 amide bonds. The van der Waals surface area contributed by atoms with E-state index in [0.29, 0.717) is 22.2 Å². The van der Waals surface area contributed by atoms with Crippen LogP contribution in [-0.2, 0) is 22.9 Å². The number of sulfonamides is 1. The Balaban J connectivity index is 1.94. The molecule has 20 heavy (non-hydrogen) atoms. The van der Waals surface area contributed by atoms with Gasteiger partial charge in [-0.1, -0.05) is 30.7 Å². The van der Waals surface area contributed by atoms with Gasteiger partial charge in [-0.2, -0.15) is 0 Å². The second-order valence-electron chi connectivity index (χ2n) is 4.35. The predicted molar refractivity (Wildman–Crippen MR) is 84.0 cm³/mol. The van der Waals surface area contributed by atoms with Crippen molar-refractivity contribution in [3.63, 3.8) is 0 Å². The Morgan fingerprint density at radius 2 is 1.85 bits per heavy atom. The van der Waals surface area contributed by atoms with Gasteiger partial charge in [0, 0.05) is 16.4 Å². The van der Waals surface area contributed by atoms with Gasteiger partial charge in [0.2, 0.25) is 10.0 Å². The van der Waals surface area contributed by atoms with E-state index in [4.69, 9.17) is 11.6 Å². The van der Waals surface area contributed by atoms with Gasteiger partial charge in [0.05, 0.1) is 0 Å². The van der Waals surface area contributed by atoms with Gasteiger partial charge >= 0.3 is 0 Å². The van der Waals surface area contributed by atoms with Crippen LogP contribution < -0.4 is 4.72 Å². The molecule has 1 aromatic heterocycles. The third-order valence-corrected chi connectivity index (χ3v) is 6.30. The molecule has 108 valence electrons. The van der Waals surface area contributed by atoms with Gasteiger partial charge in [0.25, 0.3) is 0 Å². The number of rotatable bonds is 6. The molecular formula is C14H16ClNO2S2. The van der Waals surface area contributed by atoms with Crippen LogP contribution in [0.25, 0.3) is 0 Å². The van der Waals surface area contributed by atoms with Crippen molar-refractivity contribution in [3.8, 4) is 0 Å². The lowest BCUT2D eigenvalue weighted by atomic mass is 10.2. The fourth-order valence-corrected chi connectivity index (χ4v) is 4.24. The summed E-state index contributed by atoms with van der Waals surface area (Å²) in [6.07, 6.45) is 1.49. The molecule has 0 aliphatic rings. The van der Waals surface area contributed by atoms with Crippen LogP contribution in [0.2, 0.25) is 5.02 Å². The van der Waals surface area contributed by atoms with Gasteiger partial charge in [-0.05, 0) is 42.7 Å². The SMILES string of the molecule is CCc1ccc(S(=O)(=O)NCCc2ccc(Cl)cc2)s1. The summed E-state index contributed by atoms with van der Waals surface area (Å²) in [6, 6.07) is 10.9. The highest BCUT2D eigenvalue weighted by Crippen LogP contribution is 2.21. The average Bonchev–Trinajstić information content (AvgIpc) is 2.90. The van der Waals surface area contributed by atoms with Crippen LogP contribution in [0.5, 0.6) is 0 Å². The minimum Gasteiger partial charge on any atom is -0.210 e. The molecule has 0 unspecified atom stereocenters. The lowest BCUT2D eigenvalue weighted by Gasteiger charge is -2.05. The number of hydrogen-bond acceptors (Lipinski definition) is 3. The summed E-state index contributed by atoms with van der Waals surface area (Å²) < 4.78 is 27.2. The first kappa shape index (κ1) is 15.5. The highest BCUT2D eigenvalue weighted by atomic mass is 35.5. The first-order valence-electron chi connectivity index (χ1n) is 6.34. The normalized spacial score (nSPS) is 11.7.